The average molecular weight is 676 g/mol. The number of carbonyl (C=O) groups excluding carboxylic acids is 1. The fourth-order valence-corrected chi connectivity index (χ4v) is 6.87. The van der Waals surface area contributed by atoms with Gasteiger partial charge in [-0.2, -0.15) is 26.3 Å². The number of hydrogen-bond acceptors (Lipinski definition) is 5. The summed E-state index contributed by atoms with van der Waals surface area (Å²) >= 11 is 0. The van der Waals surface area contributed by atoms with E-state index >= 15 is 0 Å². The Hall–Kier alpha value is -4.43. The first kappa shape index (κ1) is 33.5. The maximum Gasteiger partial charge on any atom is 0.417 e. The molecule has 1 atom stereocenters. The molecule has 3 heterocycles. The Labute approximate surface area is 269 Å². The molecule has 3 aromatic carbocycles. The van der Waals surface area contributed by atoms with Gasteiger partial charge in [-0.05, 0) is 53.9 Å². The number of carbonyl (C=O) groups is 2. The molecule has 2 saturated heterocycles. The molecule has 6 rings (SSSR count). The second kappa shape index (κ2) is 12.2. The van der Waals surface area contributed by atoms with E-state index in [4.69, 9.17) is 4.74 Å². The van der Waals surface area contributed by atoms with E-state index in [1.165, 1.54) is 67.7 Å². The topological polar surface area (TPSA) is 101 Å². The number of piperidine rings is 1. The summed E-state index contributed by atoms with van der Waals surface area (Å²) in [5.74, 6) is -3.03. The first-order chi connectivity index (χ1) is 22.6. The van der Waals surface area contributed by atoms with E-state index in [1.807, 2.05) is 4.90 Å². The molecule has 2 fully saturated rings. The molecule has 0 bridgehead atoms. The van der Waals surface area contributed by atoms with Crippen LogP contribution in [0.25, 0.3) is 32.8 Å². The third kappa shape index (κ3) is 5.70. The van der Waals surface area contributed by atoms with Crippen molar-refractivity contribution in [3.05, 3.63) is 82.1 Å². The van der Waals surface area contributed by atoms with Gasteiger partial charge in [0, 0.05) is 18.9 Å². The lowest BCUT2D eigenvalue weighted by Crippen LogP contribution is -2.61. The highest BCUT2D eigenvalue weighted by Crippen LogP contribution is 2.47. The highest BCUT2D eigenvalue weighted by molar-refractivity contribution is 6.02. The third-order valence-electron chi connectivity index (χ3n) is 9.66. The number of para-hydroxylation sites is 1. The van der Waals surface area contributed by atoms with Crippen LogP contribution in [0.2, 0.25) is 0 Å². The number of nitrogens with one attached hydrogen (secondary N) is 1. The zero-order chi connectivity index (χ0) is 34.6. The largest absolute Gasteiger partial charge is 0.480 e. The maximum absolute atomic E-state index is 14.6. The minimum absolute atomic E-state index is 0.0149. The van der Waals surface area contributed by atoms with E-state index in [2.05, 4.69) is 5.32 Å². The van der Waals surface area contributed by atoms with Crippen molar-refractivity contribution in [2.45, 2.75) is 43.7 Å². The highest BCUT2D eigenvalue weighted by atomic mass is 19.4. The summed E-state index contributed by atoms with van der Waals surface area (Å²) < 4.78 is 93.6. The van der Waals surface area contributed by atoms with Crippen LogP contribution in [0.1, 0.15) is 24.0 Å². The number of nitrogens with zero attached hydrogens (tertiary/aromatic N) is 2. The summed E-state index contributed by atoms with van der Waals surface area (Å²) in [4.78, 5) is 41.1. The van der Waals surface area contributed by atoms with Gasteiger partial charge in [0.1, 0.15) is 11.5 Å². The minimum Gasteiger partial charge on any atom is -0.480 e. The van der Waals surface area contributed by atoms with E-state index in [0.717, 1.165) is 4.57 Å². The molecule has 14 heteroatoms. The van der Waals surface area contributed by atoms with Crippen molar-refractivity contribution in [2.24, 2.45) is 12.5 Å². The molecule has 2 aliphatic rings. The number of ether oxygens (including phenoxy) is 1. The molecule has 2 N–H and O–H groups in total. The number of alkyl halides is 6. The van der Waals surface area contributed by atoms with Crippen LogP contribution in [0.4, 0.5) is 26.3 Å². The number of aromatic nitrogens is 1. The molecular formula is C34H31F6N3O5. The molecule has 8 nitrogen and oxygen atoms in total. The van der Waals surface area contributed by atoms with Crippen molar-refractivity contribution >= 4 is 33.6 Å². The fraction of sp³-hybridized carbons (Fsp3) is 0.382. The number of aryl methyl sites for hydroxylation is 1. The molecule has 0 saturated carbocycles. The molecule has 1 aromatic heterocycles. The van der Waals surface area contributed by atoms with E-state index in [9.17, 15) is 45.8 Å². The van der Waals surface area contributed by atoms with Crippen molar-refractivity contribution in [1.82, 2.24) is 14.8 Å². The SMILES string of the molecule is Cn1c(=O)c(-c2cccc3c(C[C@H](NC(=O)C4(C(F)(F)F)CCN(C5COC5)CC4)C(=O)O)cccc23)c(C(F)(F)F)c2ccccc21. The van der Waals surface area contributed by atoms with Crippen LogP contribution in [-0.2, 0) is 34.0 Å². The van der Waals surface area contributed by atoms with Crippen LogP contribution in [0, 0.1) is 5.41 Å². The molecule has 48 heavy (non-hydrogen) atoms. The van der Waals surface area contributed by atoms with Gasteiger partial charge in [0.2, 0.25) is 5.91 Å². The van der Waals surface area contributed by atoms with Gasteiger partial charge < -0.3 is 19.7 Å². The Morgan fingerprint density at radius 3 is 2.17 bits per heavy atom. The zero-order valence-corrected chi connectivity index (χ0v) is 25.6. The van der Waals surface area contributed by atoms with Gasteiger partial charge in [-0.25, -0.2) is 4.79 Å². The number of benzene rings is 3. The van der Waals surface area contributed by atoms with Crippen LogP contribution < -0.4 is 10.9 Å². The monoisotopic (exact) mass is 675 g/mol. The van der Waals surface area contributed by atoms with Gasteiger partial charge in [0.15, 0.2) is 0 Å². The summed E-state index contributed by atoms with van der Waals surface area (Å²) in [7, 11) is 1.37. The predicted octanol–water partition coefficient (Wildman–Crippen LogP) is 5.53. The second-order valence-electron chi connectivity index (χ2n) is 12.3. The molecule has 0 aliphatic carbocycles. The Morgan fingerprint density at radius 2 is 1.56 bits per heavy atom. The number of amides is 1. The number of aliphatic carboxylic acids is 1. The quantitative estimate of drug-likeness (QED) is 0.250. The Morgan fingerprint density at radius 1 is 0.938 bits per heavy atom. The van der Waals surface area contributed by atoms with Gasteiger partial charge in [-0.15, -0.1) is 0 Å². The van der Waals surface area contributed by atoms with E-state index in [0.29, 0.717) is 13.2 Å². The molecule has 1 amide bonds. The standard InChI is InChI=1S/C34H31F6N3O5/c1-42-26-11-3-2-7-24(26)28(33(35,36)37)27(29(42)44)23-10-5-8-21-19(6-4-9-22(21)23)16-25(30(45)46)41-31(47)32(34(38,39)40)12-14-43(15-13-32)20-17-48-18-20/h2-11,20,25H,12-18H2,1H3,(H,41,47)(H,45,46)/t25-/m0/s1. The number of carboxylic acid groups (broad SMARTS) is 1. The number of likely N-dealkylation sites (tertiary alicyclic amines) is 1. The number of rotatable bonds is 7. The first-order valence-corrected chi connectivity index (χ1v) is 15.3. The van der Waals surface area contributed by atoms with Crippen molar-refractivity contribution in [2.75, 3.05) is 26.3 Å². The summed E-state index contributed by atoms with van der Waals surface area (Å²) in [6.45, 7) is 0.760. The van der Waals surface area contributed by atoms with Crippen molar-refractivity contribution in [3.8, 4) is 11.1 Å². The van der Waals surface area contributed by atoms with Crippen LogP contribution in [0.3, 0.4) is 0 Å². The average Bonchev–Trinajstić information content (AvgIpc) is 3.00. The van der Waals surface area contributed by atoms with Gasteiger partial charge in [-0.1, -0.05) is 54.6 Å². The predicted molar refractivity (Wildman–Crippen MR) is 164 cm³/mol. The van der Waals surface area contributed by atoms with Crippen LogP contribution in [-0.4, -0.2) is 71.0 Å². The van der Waals surface area contributed by atoms with Crippen molar-refractivity contribution in [1.29, 1.82) is 0 Å². The minimum atomic E-state index is -4.95. The maximum atomic E-state index is 14.6. The number of carboxylic acids is 1. The second-order valence-corrected chi connectivity index (χ2v) is 12.3. The molecule has 0 radical (unpaired) electrons. The zero-order valence-electron chi connectivity index (χ0n) is 25.6. The lowest BCUT2D eigenvalue weighted by molar-refractivity contribution is -0.236. The lowest BCUT2D eigenvalue weighted by atomic mass is 9.76. The molecule has 2 aliphatic heterocycles. The van der Waals surface area contributed by atoms with Gasteiger partial charge in [0.25, 0.3) is 5.56 Å². The third-order valence-corrected chi connectivity index (χ3v) is 9.66. The molecule has 0 unspecified atom stereocenters. The summed E-state index contributed by atoms with van der Waals surface area (Å²) in [6, 6.07) is 12.5. The Kier molecular flexibility index (Phi) is 8.52. The van der Waals surface area contributed by atoms with Crippen molar-refractivity contribution < 1.29 is 45.8 Å². The number of hydrogen-bond donors (Lipinski definition) is 2. The van der Waals surface area contributed by atoms with Gasteiger partial charge in [0.05, 0.1) is 35.9 Å². The lowest BCUT2D eigenvalue weighted by Gasteiger charge is -2.46. The molecular weight excluding hydrogens is 644 g/mol. The van der Waals surface area contributed by atoms with Crippen LogP contribution in [0.5, 0.6) is 0 Å². The first-order valence-electron chi connectivity index (χ1n) is 15.3. The summed E-state index contributed by atoms with van der Waals surface area (Å²) in [5.41, 5.74) is -5.14. The highest BCUT2D eigenvalue weighted by Gasteiger charge is 2.61. The van der Waals surface area contributed by atoms with Crippen LogP contribution in [0.15, 0.2) is 65.5 Å². The van der Waals surface area contributed by atoms with E-state index < -0.39 is 71.6 Å². The molecule has 4 aromatic rings. The molecule has 0 spiro atoms. The molecule has 254 valence electrons. The Balaban J connectivity index is 1.37. The summed E-state index contributed by atoms with van der Waals surface area (Å²) in [5, 5.41) is 12.4. The normalized spacial score (nSPS) is 18.1. The number of fused-ring (bicyclic) bond motifs is 2. The fourth-order valence-electron chi connectivity index (χ4n) is 6.87. The van der Waals surface area contributed by atoms with Gasteiger partial charge in [-0.3, -0.25) is 14.5 Å². The van der Waals surface area contributed by atoms with Crippen molar-refractivity contribution in [3.63, 3.8) is 0 Å². The Bertz CT molecular complexity index is 1960. The summed E-state index contributed by atoms with van der Waals surface area (Å²) in [6.07, 6.45) is -11.4. The van der Waals surface area contributed by atoms with Gasteiger partial charge >= 0.3 is 18.3 Å². The smallest absolute Gasteiger partial charge is 0.417 e. The van der Waals surface area contributed by atoms with E-state index in [1.54, 1.807) is 0 Å². The van der Waals surface area contributed by atoms with E-state index in [-0.39, 0.29) is 51.9 Å². The van der Waals surface area contributed by atoms with Crippen LogP contribution >= 0.6 is 0 Å². The number of pyridine rings is 1. The number of halogens is 6.